The molecule has 0 bridgehead atoms. The summed E-state index contributed by atoms with van der Waals surface area (Å²) in [4.78, 5) is 27.8. The van der Waals surface area contributed by atoms with E-state index >= 15 is 0 Å². The second-order valence-electron chi connectivity index (χ2n) is 7.73. The largest absolute Gasteiger partial charge is 0.480 e. The standard InChI is InChI=1S/C22H23N5O4/c1-12(2)27-20-16-9-14(5-8-18(16)24-25-21(20)26(4)22(27)30)15-6-7-17(23-10-15)13(3)31-11-19(28)29/h5-10,12-13H,11H2,1-4H3,(H,28,29)/t13-/m1/s1. The van der Waals surface area contributed by atoms with E-state index < -0.39 is 12.1 Å². The Kier molecular flexibility index (Phi) is 5.28. The lowest BCUT2D eigenvalue weighted by molar-refractivity contribution is -0.144. The summed E-state index contributed by atoms with van der Waals surface area (Å²) in [5.41, 5.74) is 4.34. The molecule has 0 aliphatic rings. The molecule has 4 aromatic rings. The van der Waals surface area contributed by atoms with E-state index in [1.54, 1.807) is 24.7 Å². The minimum atomic E-state index is -1.02. The first kappa shape index (κ1) is 20.7. The zero-order chi connectivity index (χ0) is 22.3. The van der Waals surface area contributed by atoms with Gasteiger partial charge in [0.2, 0.25) is 0 Å². The van der Waals surface area contributed by atoms with Gasteiger partial charge in [-0.2, -0.15) is 0 Å². The van der Waals surface area contributed by atoms with E-state index in [0.717, 1.165) is 22.0 Å². The number of carbonyl (C=O) groups is 1. The van der Waals surface area contributed by atoms with Gasteiger partial charge in [0.1, 0.15) is 12.1 Å². The number of fused-ring (bicyclic) bond motifs is 3. The van der Waals surface area contributed by atoms with E-state index in [0.29, 0.717) is 16.9 Å². The summed E-state index contributed by atoms with van der Waals surface area (Å²) >= 11 is 0. The lowest BCUT2D eigenvalue weighted by Gasteiger charge is -2.12. The molecule has 9 heteroatoms. The molecular weight excluding hydrogens is 398 g/mol. The van der Waals surface area contributed by atoms with Crippen LogP contribution in [0.5, 0.6) is 0 Å². The molecule has 3 heterocycles. The van der Waals surface area contributed by atoms with Crippen LogP contribution in [0.2, 0.25) is 0 Å². The van der Waals surface area contributed by atoms with Crippen LogP contribution in [-0.4, -0.2) is 42.0 Å². The van der Waals surface area contributed by atoms with Crippen LogP contribution in [0.3, 0.4) is 0 Å². The number of aliphatic carboxylic acids is 1. The summed E-state index contributed by atoms with van der Waals surface area (Å²) in [6, 6.07) is 9.51. The topological polar surface area (TPSA) is 112 Å². The summed E-state index contributed by atoms with van der Waals surface area (Å²) < 4.78 is 8.53. The molecule has 9 nitrogen and oxygen atoms in total. The Morgan fingerprint density at radius 1 is 1.13 bits per heavy atom. The molecule has 0 fully saturated rings. The zero-order valence-corrected chi connectivity index (χ0v) is 17.7. The molecule has 0 saturated carbocycles. The number of carboxylic acid groups (broad SMARTS) is 1. The second-order valence-corrected chi connectivity index (χ2v) is 7.73. The first-order valence-electron chi connectivity index (χ1n) is 9.95. The van der Waals surface area contributed by atoms with Gasteiger partial charge in [0.05, 0.1) is 17.3 Å². The lowest BCUT2D eigenvalue weighted by Crippen LogP contribution is -2.23. The molecular formula is C22H23N5O4. The Balaban J connectivity index is 1.79. The number of aryl methyl sites for hydroxylation is 1. The minimum absolute atomic E-state index is 0.0273. The van der Waals surface area contributed by atoms with E-state index in [1.807, 2.05) is 44.2 Å². The number of aromatic nitrogens is 5. The highest BCUT2D eigenvalue weighted by Crippen LogP contribution is 2.29. The maximum atomic E-state index is 12.7. The third kappa shape index (κ3) is 3.68. The van der Waals surface area contributed by atoms with Crippen LogP contribution in [0.15, 0.2) is 41.3 Å². The van der Waals surface area contributed by atoms with Gasteiger partial charge in [-0.25, -0.2) is 9.59 Å². The van der Waals surface area contributed by atoms with Crippen LogP contribution in [0.1, 0.15) is 38.6 Å². The van der Waals surface area contributed by atoms with E-state index in [2.05, 4.69) is 15.2 Å². The Labute approximate surface area is 177 Å². The Morgan fingerprint density at radius 3 is 2.52 bits per heavy atom. The van der Waals surface area contributed by atoms with Crippen LogP contribution in [-0.2, 0) is 16.6 Å². The van der Waals surface area contributed by atoms with Crippen molar-refractivity contribution in [3.05, 3.63) is 52.7 Å². The Hall–Kier alpha value is -3.59. The van der Waals surface area contributed by atoms with Crippen LogP contribution >= 0.6 is 0 Å². The van der Waals surface area contributed by atoms with Crippen molar-refractivity contribution in [2.75, 3.05) is 6.61 Å². The van der Waals surface area contributed by atoms with Crippen molar-refractivity contribution in [3.8, 4) is 11.1 Å². The molecule has 0 amide bonds. The summed E-state index contributed by atoms with van der Waals surface area (Å²) in [6.45, 7) is 5.32. The van der Waals surface area contributed by atoms with E-state index in [1.165, 1.54) is 4.57 Å². The number of rotatable bonds is 6. The van der Waals surface area contributed by atoms with Gasteiger partial charge in [-0.05, 0) is 44.5 Å². The average Bonchev–Trinajstić information content (AvgIpc) is 3.02. The fourth-order valence-electron chi connectivity index (χ4n) is 3.65. The van der Waals surface area contributed by atoms with Crippen molar-refractivity contribution in [2.45, 2.75) is 32.9 Å². The number of benzene rings is 1. The maximum Gasteiger partial charge on any atom is 0.330 e. The van der Waals surface area contributed by atoms with Crippen LogP contribution in [0, 0.1) is 0 Å². The number of hydrogen-bond acceptors (Lipinski definition) is 6. The molecule has 0 spiro atoms. The third-order valence-corrected chi connectivity index (χ3v) is 5.28. The smallest absolute Gasteiger partial charge is 0.330 e. The van der Waals surface area contributed by atoms with Crippen LogP contribution in [0.25, 0.3) is 33.2 Å². The van der Waals surface area contributed by atoms with E-state index in [4.69, 9.17) is 9.84 Å². The summed E-state index contributed by atoms with van der Waals surface area (Å²) in [5.74, 6) is -1.02. The summed E-state index contributed by atoms with van der Waals surface area (Å²) in [5, 5.41) is 18.1. The molecule has 0 aliphatic heterocycles. The van der Waals surface area contributed by atoms with Gasteiger partial charge >= 0.3 is 11.7 Å². The molecule has 0 unspecified atom stereocenters. The molecule has 0 radical (unpaired) electrons. The number of carboxylic acids is 1. The highest BCUT2D eigenvalue weighted by molar-refractivity contribution is 6.02. The maximum absolute atomic E-state index is 12.7. The molecule has 1 N–H and O–H groups in total. The predicted molar refractivity (Wildman–Crippen MR) is 116 cm³/mol. The van der Waals surface area contributed by atoms with Crippen LogP contribution in [0.4, 0.5) is 0 Å². The van der Waals surface area contributed by atoms with Crippen molar-refractivity contribution in [1.82, 2.24) is 24.3 Å². The Bertz CT molecular complexity index is 1340. The molecule has 1 atom stereocenters. The number of hydrogen-bond donors (Lipinski definition) is 1. The molecule has 31 heavy (non-hydrogen) atoms. The fourth-order valence-corrected chi connectivity index (χ4v) is 3.65. The normalized spacial score (nSPS) is 12.7. The van der Waals surface area contributed by atoms with Crippen molar-refractivity contribution >= 4 is 28.0 Å². The van der Waals surface area contributed by atoms with Gasteiger partial charge in [0.25, 0.3) is 0 Å². The van der Waals surface area contributed by atoms with E-state index in [-0.39, 0.29) is 18.3 Å². The molecule has 0 saturated heterocycles. The van der Waals surface area contributed by atoms with Gasteiger partial charge in [-0.3, -0.25) is 14.1 Å². The first-order chi connectivity index (χ1) is 14.8. The highest BCUT2D eigenvalue weighted by Gasteiger charge is 2.18. The molecule has 4 rings (SSSR count). The predicted octanol–water partition coefficient (Wildman–Crippen LogP) is 3.09. The fraction of sp³-hybridized carbons (Fsp3) is 0.318. The summed E-state index contributed by atoms with van der Waals surface area (Å²) in [6.07, 6.45) is 1.30. The van der Waals surface area contributed by atoms with Crippen molar-refractivity contribution < 1.29 is 14.6 Å². The first-order valence-corrected chi connectivity index (χ1v) is 9.95. The van der Waals surface area contributed by atoms with Crippen molar-refractivity contribution in [1.29, 1.82) is 0 Å². The molecule has 1 aromatic carbocycles. The van der Waals surface area contributed by atoms with Crippen LogP contribution < -0.4 is 5.69 Å². The number of pyridine rings is 1. The quantitative estimate of drug-likeness (QED) is 0.509. The minimum Gasteiger partial charge on any atom is -0.480 e. The monoisotopic (exact) mass is 421 g/mol. The molecule has 160 valence electrons. The molecule has 3 aromatic heterocycles. The highest BCUT2D eigenvalue weighted by atomic mass is 16.5. The third-order valence-electron chi connectivity index (χ3n) is 5.28. The number of imidazole rings is 1. The molecule has 0 aliphatic carbocycles. The second kappa shape index (κ2) is 7.92. The number of nitrogens with zero attached hydrogens (tertiary/aromatic N) is 5. The SMILES string of the molecule is CC(C)n1c(=O)n(C)c2nnc3ccc(-c4ccc([C@@H](C)OCC(=O)O)nc4)cc3c21. The van der Waals surface area contributed by atoms with Crippen molar-refractivity contribution in [3.63, 3.8) is 0 Å². The summed E-state index contributed by atoms with van der Waals surface area (Å²) in [7, 11) is 1.70. The van der Waals surface area contributed by atoms with Gasteiger partial charge in [-0.15, -0.1) is 10.2 Å². The van der Waals surface area contributed by atoms with Crippen molar-refractivity contribution in [2.24, 2.45) is 7.05 Å². The zero-order valence-electron chi connectivity index (χ0n) is 17.7. The van der Waals surface area contributed by atoms with Gasteiger partial charge < -0.3 is 9.84 Å². The lowest BCUT2D eigenvalue weighted by atomic mass is 10.0. The Morgan fingerprint density at radius 2 is 1.87 bits per heavy atom. The van der Waals surface area contributed by atoms with Gasteiger partial charge in [0, 0.05) is 30.2 Å². The van der Waals surface area contributed by atoms with Gasteiger partial charge in [0.15, 0.2) is 5.65 Å². The van der Waals surface area contributed by atoms with Gasteiger partial charge in [-0.1, -0.05) is 12.1 Å². The number of ether oxygens (including phenoxy) is 1. The average molecular weight is 421 g/mol. The van der Waals surface area contributed by atoms with E-state index in [9.17, 15) is 9.59 Å².